The number of ether oxygens (including phenoxy) is 1. The van der Waals surface area contributed by atoms with E-state index in [2.05, 4.69) is 19.1 Å². The average Bonchev–Trinajstić information content (AvgIpc) is 3.03. The second kappa shape index (κ2) is 6.48. The molecular weight excluding hydrogens is 402 g/mol. The van der Waals surface area contributed by atoms with Crippen LogP contribution in [-0.4, -0.2) is 17.2 Å². The molecule has 1 amide bonds. The summed E-state index contributed by atoms with van der Waals surface area (Å²) in [5, 5.41) is 10.2. The summed E-state index contributed by atoms with van der Waals surface area (Å²) in [6, 6.07) is 8.17. The summed E-state index contributed by atoms with van der Waals surface area (Å²) in [5.74, 6) is 0.429. The minimum Gasteiger partial charge on any atom is -0.444 e. The van der Waals surface area contributed by atoms with Crippen molar-refractivity contribution in [3.05, 3.63) is 52.1 Å². The number of nitrogens with two attached hydrogens (primary N) is 1. The Morgan fingerprint density at radius 1 is 1.16 bits per heavy atom. The van der Waals surface area contributed by atoms with Crippen LogP contribution in [-0.2, 0) is 19.7 Å². The number of nitrogens with zero attached hydrogens (tertiary/aromatic N) is 2. The van der Waals surface area contributed by atoms with E-state index in [0.717, 1.165) is 48.9 Å². The van der Waals surface area contributed by atoms with E-state index in [1.165, 1.54) is 6.42 Å². The van der Waals surface area contributed by atoms with Crippen molar-refractivity contribution in [2.24, 2.45) is 5.73 Å². The molecule has 2 aliphatic carbocycles. The first-order chi connectivity index (χ1) is 15.5. The van der Waals surface area contributed by atoms with Crippen molar-refractivity contribution < 1.29 is 14.3 Å². The molecule has 5 aliphatic rings. The summed E-state index contributed by atoms with van der Waals surface area (Å²) >= 11 is 0. The number of para-hydroxylation sites is 1. The van der Waals surface area contributed by atoms with Gasteiger partial charge in [0.15, 0.2) is 5.78 Å². The highest BCUT2D eigenvalue weighted by molar-refractivity contribution is 6.21. The van der Waals surface area contributed by atoms with Gasteiger partial charge in [-0.15, -0.1) is 0 Å². The smallest absolute Gasteiger partial charge is 0.248 e. The third-order valence-electron chi connectivity index (χ3n) is 8.40. The summed E-state index contributed by atoms with van der Waals surface area (Å²) in [6.07, 6.45) is 7.71. The second-order valence-electron chi connectivity index (χ2n) is 10.1. The van der Waals surface area contributed by atoms with Gasteiger partial charge in [0.25, 0.3) is 0 Å². The SMILES string of the molecule is C[C@H]1CC2(CCCCC2)N2C(=O)[C@]3(C(C#N)=C(N)OC4=C3C(=O)CCC4)c3cccc1c32. The van der Waals surface area contributed by atoms with Crippen LogP contribution in [0.2, 0.25) is 0 Å². The van der Waals surface area contributed by atoms with E-state index >= 15 is 0 Å². The van der Waals surface area contributed by atoms with Gasteiger partial charge in [-0.25, -0.2) is 0 Å². The van der Waals surface area contributed by atoms with Crippen LogP contribution in [0.3, 0.4) is 0 Å². The van der Waals surface area contributed by atoms with Gasteiger partial charge < -0.3 is 15.4 Å². The fourth-order valence-corrected chi connectivity index (χ4v) is 7.21. The van der Waals surface area contributed by atoms with Crippen LogP contribution in [0.25, 0.3) is 0 Å². The maximum atomic E-state index is 14.7. The van der Waals surface area contributed by atoms with E-state index in [9.17, 15) is 14.9 Å². The summed E-state index contributed by atoms with van der Waals surface area (Å²) in [5.41, 5.74) is 7.70. The Morgan fingerprint density at radius 2 is 1.94 bits per heavy atom. The fraction of sp³-hybridized carbons (Fsp3) is 0.500. The Balaban J connectivity index is 1.71. The normalized spacial score (nSPS) is 30.4. The number of Topliss-reactive ketones (excluding diaryl/α,β-unsaturated/α-hetero) is 1. The molecule has 6 rings (SSSR count). The van der Waals surface area contributed by atoms with E-state index in [4.69, 9.17) is 10.5 Å². The zero-order valence-corrected chi connectivity index (χ0v) is 18.4. The van der Waals surface area contributed by atoms with Gasteiger partial charge >= 0.3 is 0 Å². The molecule has 2 atom stereocenters. The molecule has 6 heteroatoms. The highest BCUT2D eigenvalue weighted by Gasteiger charge is 2.66. The van der Waals surface area contributed by atoms with Gasteiger partial charge in [0.1, 0.15) is 22.8 Å². The van der Waals surface area contributed by atoms with Gasteiger partial charge in [-0.1, -0.05) is 44.4 Å². The first-order valence-corrected chi connectivity index (χ1v) is 11.8. The number of amides is 1. The van der Waals surface area contributed by atoms with Crippen molar-refractivity contribution in [1.82, 2.24) is 0 Å². The molecule has 3 aliphatic heterocycles. The number of allylic oxidation sites excluding steroid dienone is 1. The largest absolute Gasteiger partial charge is 0.444 e. The number of carbonyl (C=O) groups is 2. The van der Waals surface area contributed by atoms with E-state index in [1.54, 1.807) is 0 Å². The lowest BCUT2D eigenvalue weighted by Crippen LogP contribution is -2.58. The van der Waals surface area contributed by atoms with Gasteiger partial charge in [-0.3, -0.25) is 9.59 Å². The third-order valence-corrected chi connectivity index (χ3v) is 8.40. The number of ketones is 1. The van der Waals surface area contributed by atoms with E-state index in [0.29, 0.717) is 36.5 Å². The van der Waals surface area contributed by atoms with Crippen molar-refractivity contribution in [2.75, 3.05) is 4.90 Å². The summed E-state index contributed by atoms with van der Waals surface area (Å²) < 4.78 is 5.81. The first kappa shape index (κ1) is 19.6. The van der Waals surface area contributed by atoms with Crippen LogP contribution >= 0.6 is 0 Å². The van der Waals surface area contributed by atoms with Gasteiger partial charge in [0.2, 0.25) is 11.8 Å². The summed E-state index contributed by atoms with van der Waals surface area (Å²) in [4.78, 5) is 30.1. The minimum atomic E-state index is -1.48. The van der Waals surface area contributed by atoms with Crippen molar-refractivity contribution >= 4 is 17.4 Å². The topological polar surface area (TPSA) is 96.4 Å². The van der Waals surface area contributed by atoms with Crippen molar-refractivity contribution in [3.63, 3.8) is 0 Å². The van der Waals surface area contributed by atoms with Crippen LogP contribution in [0.15, 0.2) is 41.0 Å². The zero-order valence-electron chi connectivity index (χ0n) is 18.4. The highest BCUT2D eigenvalue weighted by Crippen LogP contribution is 2.62. The van der Waals surface area contributed by atoms with Gasteiger partial charge in [0.05, 0.1) is 11.3 Å². The molecule has 3 heterocycles. The first-order valence-electron chi connectivity index (χ1n) is 11.8. The van der Waals surface area contributed by atoms with E-state index in [-0.39, 0.29) is 28.7 Å². The van der Waals surface area contributed by atoms with E-state index in [1.807, 2.05) is 17.0 Å². The molecule has 1 saturated carbocycles. The standard InChI is InChI=1S/C26H27N3O3/c1-15-13-25(11-3-2-4-12-25)29-22-16(15)7-5-8-17(22)26(24(29)31)18(14-27)23(28)32-20-10-6-9-19(30)21(20)26/h5,7-8,15H,2-4,6,9-13,28H2,1H3/t15-,26-/m0/s1. The van der Waals surface area contributed by atoms with Crippen LogP contribution in [0, 0.1) is 11.3 Å². The van der Waals surface area contributed by atoms with Crippen LogP contribution in [0.1, 0.15) is 81.8 Å². The predicted molar refractivity (Wildman–Crippen MR) is 118 cm³/mol. The Bertz CT molecular complexity index is 1180. The maximum Gasteiger partial charge on any atom is 0.248 e. The quantitative estimate of drug-likeness (QED) is 0.666. The Kier molecular flexibility index (Phi) is 3.97. The second-order valence-corrected chi connectivity index (χ2v) is 10.1. The number of fused-ring (bicyclic) bond motifs is 3. The Hall–Kier alpha value is -3.07. The molecule has 0 unspecified atom stereocenters. The zero-order chi connectivity index (χ0) is 22.3. The molecule has 0 radical (unpaired) electrons. The monoisotopic (exact) mass is 429 g/mol. The minimum absolute atomic E-state index is 0.0440. The predicted octanol–water partition coefficient (Wildman–Crippen LogP) is 4.21. The Labute approximate surface area is 187 Å². The average molecular weight is 430 g/mol. The number of hydrogen-bond donors (Lipinski definition) is 1. The molecule has 32 heavy (non-hydrogen) atoms. The number of hydrogen-bond acceptors (Lipinski definition) is 5. The number of nitriles is 1. The molecule has 2 N–H and O–H groups in total. The third kappa shape index (κ3) is 2.14. The fourth-order valence-electron chi connectivity index (χ4n) is 7.21. The van der Waals surface area contributed by atoms with Gasteiger partial charge in [-0.05, 0) is 37.2 Å². The number of rotatable bonds is 0. The maximum absolute atomic E-state index is 14.7. The van der Waals surface area contributed by atoms with Gasteiger partial charge in [-0.2, -0.15) is 5.26 Å². The number of benzene rings is 1. The lowest BCUT2D eigenvalue weighted by Gasteiger charge is -2.51. The molecule has 2 spiro atoms. The molecule has 0 bridgehead atoms. The van der Waals surface area contributed by atoms with E-state index < -0.39 is 5.41 Å². The molecule has 0 saturated heterocycles. The lowest BCUT2D eigenvalue weighted by atomic mass is 9.65. The van der Waals surface area contributed by atoms with Crippen LogP contribution < -0.4 is 10.6 Å². The number of anilines is 1. The molecule has 1 aromatic carbocycles. The molecule has 0 aromatic heterocycles. The van der Waals surface area contributed by atoms with Gasteiger partial charge in [0, 0.05) is 23.9 Å². The van der Waals surface area contributed by atoms with Crippen LogP contribution in [0.5, 0.6) is 0 Å². The van der Waals surface area contributed by atoms with Crippen molar-refractivity contribution in [2.45, 2.75) is 81.6 Å². The molecule has 1 aromatic rings. The number of carbonyl (C=O) groups excluding carboxylic acids is 2. The molecular formula is C26H27N3O3. The lowest BCUT2D eigenvalue weighted by molar-refractivity contribution is -0.126. The summed E-state index contributed by atoms with van der Waals surface area (Å²) in [7, 11) is 0. The van der Waals surface area contributed by atoms with Crippen LogP contribution in [0.4, 0.5) is 5.69 Å². The highest BCUT2D eigenvalue weighted by atomic mass is 16.5. The van der Waals surface area contributed by atoms with Crippen molar-refractivity contribution in [3.8, 4) is 6.07 Å². The molecule has 164 valence electrons. The summed E-state index contributed by atoms with van der Waals surface area (Å²) in [6.45, 7) is 2.23. The Morgan fingerprint density at radius 3 is 2.69 bits per heavy atom. The van der Waals surface area contributed by atoms with Crippen molar-refractivity contribution in [1.29, 1.82) is 5.26 Å². The molecule has 1 fully saturated rings. The molecule has 6 nitrogen and oxygen atoms in total.